The number of aromatic nitrogens is 3. The van der Waals surface area contributed by atoms with Crippen molar-refractivity contribution in [1.82, 2.24) is 15.0 Å². The maximum absolute atomic E-state index is 9.11. The van der Waals surface area contributed by atoms with Crippen molar-refractivity contribution in [2.75, 3.05) is 13.7 Å². The Morgan fingerprint density at radius 2 is 1.91 bits per heavy atom. The van der Waals surface area contributed by atoms with Crippen molar-refractivity contribution in [1.29, 1.82) is 5.26 Å². The molecule has 6 nitrogen and oxygen atoms in total. The summed E-state index contributed by atoms with van der Waals surface area (Å²) in [6.07, 6.45) is 1.60. The Hall–Kier alpha value is -2.55. The van der Waals surface area contributed by atoms with Crippen LogP contribution in [-0.4, -0.2) is 28.7 Å². The molecule has 0 N–H and O–H groups in total. The minimum atomic E-state index is 0.426. The van der Waals surface area contributed by atoms with E-state index in [1.54, 1.807) is 7.11 Å². The van der Waals surface area contributed by atoms with Crippen LogP contribution < -0.4 is 9.47 Å². The number of hydrogen-bond acceptors (Lipinski definition) is 5. The van der Waals surface area contributed by atoms with Crippen molar-refractivity contribution in [2.45, 2.75) is 33.2 Å². The first-order chi connectivity index (χ1) is 11.1. The monoisotopic (exact) mass is 314 g/mol. The molecule has 1 heterocycles. The summed E-state index contributed by atoms with van der Waals surface area (Å²) >= 11 is 0. The molecule has 1 aromatic carbocycles. The molecule has 0 amide bonds. The molecule has 0 bridgehead atoms. The van der Waals surface area contributed by atoms with Gasteiger partial charge in [-0.2, -0.15) is 5.26 Å². The molecule has 0 atom stereocenters. The van der Waals surface area contributed by atoms with Crippen molar-refractivity contribution < 1.29 is 9.47 Å². The third kappa shape index (κ3) is 4.71. The minimum absolute atomic E-state index is 0.426. The molecule has 2 rings (SSSR count). The zero-order valence-corrected chi connectivity index (χ0v) is 13.8. The highest BCUT2D eigenvalue weighted by atomic mass is 16.5. The van der Waals surface area contributed by atoms with Crippen molar-refractivity contribution in [3.63, 3.8) is 0 Å². The van der Waals surface area contributed by atoms with E-state index in [2.05, 4.69) is 30.2 Å². The van der Waals surface area contributed by atoms with Crippen LogP contribution >= 0.6 is 0 Å². The third-order valence-electron chi connectivity index (χ3n) is 3.39. The van der Waals surface area contributed by atoms with Gasteiger partial charge in [0.05, 0.1) is 19.4 Å². The fourth-order valence-corrected chi connectivity index (χ4v) is 2.26. The van der Waals surface area contributed by atoms with Crippen LogP contribution in [0.5, 0.6) is 11.5 Å². The van der Waals surface area contributed by atoms with Crippen molar-refractivity contribution in [2.24, 2.45) is 5.92 Å². The number of rotatable bonds is 8. The zero-order chi connectivity index (χ0) is 16.7. The lowest BCUT2D eigenvalue weighted by atomic mass is 10.1. The highest BCUT2D eigenvalue weighted by molar-refractivity contribution is 5.31. The molecule has 0 radical (unpaired) electrons. The number of hydrogen-bond donors (Lipinski definition) is 0. The normalized spacial score (nSPS) is 10.6. The minimum Gasteiger partial charge on any atom is -0.497 e. The van der Waals surface area contributed by atoms with Gasteiger partial charge in [0, 0.05) is 13.0 Å². The molecule has 0 saturated heterocycles. The van der Waals surface area contributed by atoms with Gasteiger partial charge in [-0.3, -0.25) is 0 Å². The molecule has 0 fully saturated rings. The summed E-state index contributed by atoms with van der Waals surface area (Å²) in [5.74, 6) is 2.07. The fourth-order valence-electron chi connectivity index (χ4n) is 2.26. The Morgan fingerprint density at radius 1 is 1.22 bits per heavy atom. The average Bonchev–Trinajstić information content (AvgIpc) is 2.93. The Bertz CT molecular complexity index is 656. The van der Waals surface area contributed by atoms with Gasteiger partial charge in [-0.15, -0.1) is 5.10 Å². The largest absolute Gasteiger partial charge is 0.497 e. The number of nitrogens with zero attached hydrogens (tertiary/aromatic N) is 4. The molecule has 0 saturated carbocycles. The second kappa shape index (κ2) is 8.18. The Morgan fingerprint density at radius 3 is 2.52 bits per heavy atom. The topological polar surface area (TPSA) is 73.0 Å². The Labute approximate surface area is 136 Å². The highest BCUT2D eigenvalue weighted by Gasteiger charge is 2.13. The van der Waals surface area contributed by atoms with Crippen molar-refractivity contribution >= 4 is 0 Å². The van der Waals surface area contributed by atoms with E-state index in [0.717, 1.165) is 30.0 Å². The van der Waals surface area contributed by atoms with Crippen LogP contribution in [-0.2, 0) is 13.0 Å². The molecule has 23 heavy (non-hydrogen) atoms. The molecule has 0 aliphatic rings. The van der Waals surface area contributed by atoms with E-state index in [1.165, 1.54) is 0 Å². The van der Waals surface area contributed by atoms with Crippen LogP contribution in [0.1, 0.15) is 31.7 Å². The van der Waals surface area contributed by atoms with E-state index in [0.29, 0.717) is 24.8 Å². The standard InChI is InChI=1S/C17H22N4O2/c1-13(2)11-17-16(12-18)19-20-21(17)9-4-10-23-15-7-5-14(22-3)6-8-15/h5-8,13H,4,9-11H2,1-3H3. The molecule has 0 unspecified atom stereocenters. The summed E-state index contributed by atoms with van der Waals surface area (Å²) in [5.41, 5.74) is 1.33. The highest BCUT2D eigenvalue weighted by Crippen LogP contribution is 2.17. The lowest BCUT2D eigenvalue weighted by Crippen LogP contribution is -2.11. The first-order valence-electron chi connectivity index (χ1n) is 7.73. The fraction of sp³-hybridized carbons (Fsp3) is 0.471. The van der Waals surface area contributed by atoms with Crippen molar-refractivity contribution in [3.8, 4) is 17.6 Å². The number of nitriles is 1. The molecular formula is C17H22N4O2. The zero-order valence-electron chi connectivity index (χ0n) is 13.8. The van der Waals surface area contributed by atoms with Gasteiger partial charge in [0.1, 0.15) is 17.6 Å². The third-order valence-corrected chi connectivity index (χ3v) is 3.39. The second-order valence-corrected chi connectivity index (χ2v) is 5.70. The Kier molecular flexibility index (Phi) is 5.98. The molecule has 2 aromatic rings. The van der Waals surface area contributed by atoms with Gasteiger partial charge in [-0.1, -0.05) is 19.1 Å². The van der Waals surface area contributed by atoms with Crippen LogP contribution in [0.2, 0.25) is 0 Å². The summed E-state index contributed by atoms with van der Waals surface area (Å²) in [6.45, 7) is 5.50. The smallest absolute Gasteiger partial charge is 0.185 e. The number of aryl methyl sites for hydroxylation is 1. The van der Waals surface area contributed by atoms with Crippen molar-refractivity contribution in [3.05, 3.63) is 35.7 Å². The molecular weight excluding hydrogens is 292 g/mol. The van der Waals surface area contributed by atoms with Crippen LogP contribution in [0, 0.1) is 17.2 Å². The lowest BCUT2D eigenvalue weighted by Gasteiger charge is -2.10. The van der Waals surface area contributed by atoms with Gasteiger partial charge in [-0.25, -0.2) is 4.68 Å². The van der Waals surface area contributed by atoms with E-state index in [4.69, 9.17) is 14.7 Å². The molecule has 1 aromatic heterocycles. The first-order valence-corrected chi connectivity index (χ1v) is 7.73. The van der Waals surface area contributed by atoms with Gasteiger partial charge in [0.2, 0.25) is 0 Å². The predicted molar refractivity (Wildman–Crippen MR) is 86.4 cm³/mol. The van der Waals surface area contributed by atoms with E-state index in [1.807, 2.05) is 28.9 Å². The Balaban J connectivity index is 1.86. The van der Waals surface area contributed by atoms with Gasteiger partial charge in [0.25, 0.3) is 0 Å². The number of ether oxygens (including phenoxy) is 2. The van der Waals surface area contributed by atoms with E-state index in [-0.39, 0.29) is 0 Å². The molecule has 6 heteroatoms. The predicted octanol–water partition coefficient (Wildman–Crippen LogP) is 2.83. The maximum atomic E-state index is 9.11. The summed E-state index contributed by atoms with van der Waals surface area (Å²) in [5, 5.41) is 17.1. The van der Waals surface area contributed by atoms with E-state index in [9.17, 15) is 0 Å². The molecule has 0 aliphatic carbocycles. The van der Waals surface area contributed by atoms with Crippen LogP contribution in [0.25, 0.3) is 0 Å². The maximum Gasteiger partial charge on any atom is 0.185 e. The van der Waals surface area contributed by atoms with Crippen LogP contribution in [0.15, 0.2) is 24.3 Å². The summed E-state index contributed by atoms with van der Waals surface area (Å²) in [4.78, 5) is 0. The number of benzene rings is 1. The molecule has 0 spiro atoms. The summed E-state index contributed by atoms with van der Waals surface area (Å²) < 4.78 is 12.6. The lowest BCUT2D eigenvalue weighted by molar-refractivity contribution is 0.296. The molecule has 122 valence electrons. The average molecular weight is 314 g/mol. The van der Waals surface area contributed by atoms with Gasteiger partial charge in [-0.05, 0) is 36.6 Å². The van der Waals surface area contributed by atoms with Crippen LogP contribution in [0.4, 0.5) is 0 Å². The quantitative estimate of drug-likeness (QED) is 0.701. The van der Waals surface area contributed by atoms with Gasteiger partial charge in [0.15, 0.2) is 5.69 Å². The summed E-state index contributed by atoms with van der Waals surface area (Å²) in [6, 6.07) is 9.61. The van der Waals surface area contributed by atoms with E-state index >= 15 is 0 Å². The van der Waals surface area contributed by atoms with Gasteiger partial charge >= 0.3 is 0 Å². The van der Waals surface area contributed by atoms with E-state index < -0.39 is 0 Å². The van der Waals surface area contributed by atoms with Crippen LogP contribution in [0.3, 0.4) is 0 Å². The SMILES string of the molecule is COc1ccc(OCCCn2nnc(C#N)c2CC(C)C)cc1. The number of methoxy groups -OCH3 is 1. The molecule has 0 aliphatic heterocycles. The first kappa shape index (κ1) is 16.8. The van der Waals surface area contributed by atoms with Gasteiger partial charge < -0.3 is 9.47 Å². The summed E-state index contributed by atoms with van der Waals surface area (Å²) in [7, 11) is 1.64. The second-order valence-electron chi connectivity index (χ2n) is 5.70.